The fourth-order valence-corrected chi connectivity index (χ4v) is 2.57. The number of ketones is 1. The van der Waals surface area contributed by atoms with Crippen LogP contribution in [0.15, 0.2) is 18.2 Å². The molecule has 0 saturated heterocycles. The van der Waals surface area contributed by atoms with E-state index in [4.69, 9.17) is 0 Å². The first-order valence-corrected chi connectivity index (χ1v) is 6.98. The highest BCUT2D eigenvalue weighted by atomic mass is 16.3. The van der Waals surface area contributed by atoms with Gasteiger partial charge >= 0.3 is 0 Å². The number of nitrogens with one attached hydrogen (secondary N) is 1. The first kappa shape index (κ1) is 16.5. The van der Waals surface area contributed by atoms with Crippen LogP contribution >= 0.6 is 0 Å². The lowest BCUT2D eigenvalue weighted by Crippen LogP contribution is -2.55. The molecule has 0 saturated carbocycles. The predicted octanol–water partition coefficient (Wildman–Crippen LogP) is 2.62. The maximum Gasteiger partial charge on any atom is 0.157 e. The molecule has 1 atom stereocenters. The first-order chi connectivity index (χ1) is 9.15. The number of hydrogen-bond donors (Lipinski definition) is 3. The number of benzene rings is 1. The Morgan fingerprint density at radius 3 is 2.25 bits per heavy atom. The fourth-order valence-electron chi connectivity index (χ4n) is 2.57. The van der Waals surface area contributed by atoms with Crippen molar-refractivity contribution in [2.75, 3.05) is 0 Å². The normalized spacial score (nSPS) is 14.6. The standard InChI is InChI=1S/C16H25NO3/c1-10(2)15(20)16(5,17-11(3)4)9-12-6-7-13(18)14(19)8-12/h6-8,10-11,17-19H,9H2,1-5H3. The molecule has 1 rings (SSSR count). The Kier molecular flexibility index (Phi) is 5.17. The van der Waals surface area contributed by atoms with E-state index in [1.54, 1.807) is 6.07 Å². The summed E-state index contributed by atoms with van der Waals surface area (Å²) in [6.07, 6.45) is 0.468. The van der Waals surface area contributed by atoms with Crippen LogP contribution < -0.4 is 5.32 Å². The second-order valence-electron chi connectivity index (χ2n) is 6.15. The third-order valence-electron chi connectivity index (χ3n) is 3.27. The predicted molar refractivity (Wildman–Crippen MR) is 80.0 cm³/mol. The van der Waals surface area contributed by atoms with Crippen LogP contribution in [0.3, 0.4) is 0 Å². The van der Waals surface area contributed by atoms with Gasteiger partial charge in [0.15, 0.2) is 17.3 Å². The summed E-state index contributed by atoms with van der Waals surface area (Å²) in [6, 6.07) is 4.85. The van der Waals surface area contributed by atoms with Crippen molar-refractivity contribution >= 4 is 5.78 Å². The molecule has 0 radical (unpaired) electrons. The Hall–Kier alpha value is -1.55. The summed E-state index contributed by atoms with van der Waals surface area (Å²) in [4.78, 5) is 12.5. The molecule has 0 aliphatic carbocycles. The first-order valence-electron chi connectivity index (χ1n) is 6.98. The summed E-state index contributed by atoms with van der Waals surface area (Å²) in [5.74, 6) is -0.246. The molecular weight excluding hydrogens is 254 g/mol. The maximum atomic E-state index is 12.5. The summed E-state index contributed by atoms with van der Waals surface area (Å²) in [5, 5.41) is 22.2. The van der Waals surface area contributed by atoms with E-state index in [2.05, 4.69) is 5.32 Å². The summed E-state index contributed by atoms with van der Waals surface area (Å²) < 4.78 is 0. The zero-order valence-electron chi connectivity index (χ0n) is 12.9. The molecule has 0 aromatic heterocycles. The average Bonchev–Trinajstić information content (AvgIpc) is 2.31. The molecular formula is C16H25NO3. The van der Waals surface area contributed by atoms with Gasteiger partial charge in [0.2, 0.25) is 0 Å². The summed E-state index contributed by atoms with van der Waals surface area (Å²) in [6.45, 7) is 9.66. The topological polar surface area (TPSA) is 69.6 Å². The van der Waals surface area contributed by atoms with Gasteiger partial charge in [-0.25, -0.2) is 0 Å². The molecule has 1 unspecified atom stereocenters. The fraction of sp³-hybridized carbons (Fsp3) is 0.562. The Bertz CT molecular complexity index is 483. The van der Waals surface area contributed by atoms with Crippen LogP contribution in [0.25, 0.3) is 0 Å². The second kappa shape index (κ2) is 6.27. The molecule has 112 valence electrons. The molecule has 1 aromatic rings. The minimum absolute atomic E-state index is 0.0723. The number of rotatable bonds is 6. The average molecular weight is 279 g/mol. The largest absolute Gasteiger partial charge is 0.504 e. The van der Waals surface area contributed by atoms with E-state index in [0.717, 1.165) is 5.56 Å². The van der Waals surface area contributed by atoms with Crippen LogP contribution in [0.1, 0.15) is 40.2 Å². The number of carbonyl (C=O) groups excluding carboxylic acids is 1. The van der Waals surface area contributed by atoms with Gasteiger partial charge < -0.3 is 15.5 Å². The highest BCUT2D eigenvalue weighted by molar-refractivity contribution is 5.90. The number of Topliss-reactive ketones (excluding diaryl/α,β-unsaturated/α-hetero) is 1. The van der Waals surface area contributed by atoms with Gasteiger partial charge in [-0.2, -0.15) is 0 Å². The van der Waals surface area contributed by atoms with Crippen molar-refractivity contribution in [3.05, 3.63) is 23.8 Å². The molecule has 1 aromatic carbocycles. The van der Waals surface area contributed by atoms with E-state index < -0.39 is 5.54 Å². The summed E-state index contributed by atoms with van der Waals surface area (Å²) in [5.41, 5.74) is 0.121. The quantitative estimate of drug-likeness (QED) is 0.700. The lowest BCUT2D eigenvalue weighted by molar-refractivity contribution is -0.128. The third-order valence-corrected chi connectivity index (χ3v) is 3.27. The smallest absolute Gasteiger partial charge is 0.157 e. The number of carbonyl (C=O) groups is 1. The van der Waals surface area contributed by atoms with Crippen LogP contribution in [0, 0.1) is 5.92 Å². The lowest BCUT2D eigenvalue weighted by atomic mass is 9.83. The maximum absolute atomic E-state index is 12.5. The van der Waals surface area contributed by atoms with Crippen LogP contribution in [0.4, 0.5) is 0 Å². The van der Waals surface area contributed by atoms with Crippen LogP contribution in [-0.4, -0.2) is 27.6 Å². The van der Waals surface area contributed by atoms with E-state index in [9.17, 15) is 15.0 Å². The van der Waals surface area contributed by atoms with Gasteiger partial charge in [0.1, 0.15) is 0 Å². The van der Waals surface area contributed by atoms with Crippen molar-refractivity contribution in [3.8, 4) is 11.5 Å². The molecule has 3 N–H and O–H groups in total. The molecule has 4 nitrogen and oxygen atoms in total. The van der Waals surface area contributed by atoms with Crippen molar-refractivity contribution in [1.29, 1.82) is 0 Å². The van der Waals surface area contributed by atoms with Crippen molar-refractivity contribution in [2.24, 2.45) is 5.92 Å². The molecule has 0 aliphatic rings. The zero-order chi connectivity index (χ0) is 15.5. The zero-order valence-corrected chi connectivity index (χ0v) is 12.9. The Morgan fingerprint density at radius 2 is 1.80 bits per heavy atom. The molecule has 0 spiro atoms. The number of phenolic OH excluding ortho intramolecular Hbond substituents is 2. The molecule has 20 heavy (non-hydrogen) atoms. The summed E-state index contributed by atoms with van der Waals surface area (Å²) in [7, 11) is 0. The highest BCUT2D eigenvalue weighted by Gasteiger charge is 2.35. The van der Waals surface area contributed by atoms with E-state index >= 15 is 0 Å². The molecule has 0 bridgehead atoms. The van der Waals surface area contributed by atoms with Crippen molar-refractivity contribution < 1.29 is 15.0 Å². The van der Waals surface area contributed by atoms with Gasteiger partial charge in [-0.05, 0) is 44.9 Å². The van der Waals surface area contributed by atoms with Gasteiger partial charge in [-0.15, -0.1) is 0 Å². The Labute approximate surface area is 120 Å². The van der Waals surface area contributed by atoms with Gasteiger partial charge in [-0.3, -0.25) is 4.79 Å². The molecule has 4 heteroatoms. The molecule has 0 fully saturated rings. The van der Waals surface area contributed by atoms with Gasteiger partial charge in [0.05, 0.1) is 5.54 Å². The van der Waals surface area contributed by atoms with Crippen molar-refractivity contribution in [3.63, 3.8) is 0 Å². The minimum atomic E-state index is -0.689. The third kappa shape index (κ3) is 3.97. The Balaban J connectivity index is 3.05. The molecule has 0 aliphatic heterocycles. The monoisotopic (exact) mass is 279 g/mol. The minimum Gasteiger partial charge on any atom is -0.504 e. The van der Waals surface area contributed by atoms with E-state index in [1.165, 1.54) is 12.1 Å². The van der Waals surface area contributed by atoms with Crippen LogP contribution in [0.5, 0.6) is 11.5 Å². The number of hydrogen-bond acceptors (Lipinski definition) is 4. The SMILES string of the molecule is CC(C)NC(C)(Cc1ccc(O)c(O)c1)C(=O)C(C)C. The van der Waals surface area contributed by atoms with E-state index in [0.29, 0.717) is 6.42 Å². The Morgan fingerprint density at radius 1 is 1.20 bits per heavy atom. The van der Waals surface area contributed by atoms with Crippen molar-refractivity contribution in [2.45, 2.75) is 52.6 Å². The second-order valence-corrected chi connectivity index (χ2v) is 6.15. The van der Waals surface area contributed by atoms with Crippen LogP contribution in [0.2, 0.25) is 0 Å². The summed E-state index contributed by atoms with van der Waals surface area (Å²) >= 11 is 0. The van der Waals surface area contributed by atoms with Crippen molar-refractivity contribution in [1.82, 2.24) is 5.32 Å². The van der Waals surface area contributed by atoms with E-state index in [1.807, 2.05) is 34.6 Å². The molecule has 0 heterocycles. The van der Waals surface area contributed by atoms with Gasteiger partial charge in [-0.1, -0.05) is 19.9 Å². The van der Waals surface area contributed by atoms with Gasteiger partial charge in [0, 0.05) is 12.0 Å². The van der Waals surface area contributed by atoms with Crippen LogP contribution in [-0.2, 0) is 11.2 Å². The number of aromatic hydroxyl groups is 2. The van der Waals surface area contributed by atoms with E-state index in [-0.39, 0.29) is 29.2 Å². The lowest BCUT2D eigenvalue weighted by Gasteiger charge is -2.33. The number of phenols is 2. The highest BCUT2D eigenvalue weighted by Crippen LogP contribution is 2.28. The molecule has 0 amide bonds. The van der Waals surface area contributed by atoms with Gasteiger partial charge in [0.25, 0.3) is 0 Å².